The maximum atomic E-state index is 12.1. The van der Waals surface area contributed by atoms with Crippen LogP contribution in [0.15, 0.2) is 195 Å². The summed E-state index contributed by atoms with van der Waals surface area (Å²) in [7, 11) is 0. The summed E-state index contributed by atoms with van der Waals surface area (Å²) in [5, 5.41) is 0. The number of carbonyl (C=O) groups excluding carboxylic acids is 2. The fourth-order valence-corrected chi connectivity index (χ4v) is 34.7. The van der Waals surface area contributed by atoms with Crippen LogP contribution in [0.1, 0.15) is 495 Å². The van der Waals surface area contributed by atoms with E-state index in [1.165, 1.54) is 496 Å². The molecule has 12 rings (SSSR count). The van der Waals surface area contributed by atoms with Crippen molar-refractivity contribution in [3.8, 4) is 66.8 Å². The minimum atomic E-state index is -0.127. The standard InChI is InChI=1S/C132H182O2S8/c1-9-17-25-33-41-45-53-61-93-135-127-128(136-94-62-54-46-42-34-26-18-10-2)140-125(139-127)123(109-77-73-107(74-78-109)113-83-87-117-115-85-81-111(105-69-65-103(101-133)66-70-105)97-119(115)131(121(117)99-113,89-57-49-37-29-21-13-5)90-58-50-38-30-22-14-6)124(126-141-129(137-95-63-55-47-43-35-27-19-11-3)130(142-126)138-96-64-56-48-44-36-28-20-12-4)110-79-75-108(76-80-110)114-84-88-118-116-86-82-112(106-71-67-104(102-134)68-72-106)98-120(116)132(122(118)100-114,91-59-51-39-31-23-15-7)92-60-52-40-32-24-16-8/h65-88,97-102H,9-64,89-96H2,1-8H3. The number of thioether (sulfide) groups is 8. The highest BCUT2D eigenvalue weighted by Crippen LogP contribution is 2.66. The molecule has 8 aromatic carbocycles. The maximum Gasteiger partial charge on any atom is 0.150 e. The molecule has 0 radical (unpaired) electrons. The lowest BCUT2D eigenvalue weighted by molar-refractivity contribution is 0.111. The second kappa shape index (κ2) is 66.4. The van der Waals surface area contributed by atoms with Gasteiger partial charge in [-0.1, -0.05) is 582 Å². The lowest BCUT2D eigenvalue weighted by atomic mass is 9.70. The number of carbonyl (C=O) groups is 2. The molecule has 0 amide bonds. The average molecular weight is 2060 g/mol. The van der Waals surface area contributed by atoms with Gasteiger partial charge in [-0.05, 0) is 199 Å². The smallest absolute Gasteiger partial charge is 0.150 e. The largest absolute Gasteiger partial charge is 0.298 e. The Kier molecular flexibility index (Phi) is 54.1. The third kappa shape index (κ3) is 35.0. The summed E-state index contributed by atoms with van der Waals surface area (Å²) >= 11 is 17.3. The summed E-state index contributed by atoms with van der Waals surface area (Å²) in [6, 6.07) is 67.5. The monoisotopic (exact) mass is 2060 g/mol. The van der Waals surface area contributed by atoms with Crippen molar-refractivity contribution in [3.05, 3.63) is 240 Å². The van der Waals surface area contributed by atoms with Crippen molar-refractivity contribution >= 4 is 118 Å². The maximum absolute atomic E-state index is 12.1. The normalized spacial score (nSPS) is 14.0. The quantitative estimate of drug-likeness (QED) is 0.0272. The molecule has 2 nitrogen and oxygen atoms in total. The van der Waals surface area contributed by atoms with Crippen molar-refractivity contribution in [1.82, 2.24) is 0 Å². The van der Waals surface area contributed by atoms with E-state index in [9.17, 15) is 9.59 Å². The van der Waals surface area contributed by atoms with E-state index in [0.29, 0.717) is 0 Å². The molecule has 8 aromatic rings. The first-order valence-corrected chi connectivity index (χ1v) is 65.4. The number of rotatable bonds is 77. The molecule has 0 fully saturated rings. The van der Waals surface area contributed by atoms with Crippen molar-refractivity contribution in [1.29, 1.82) is 0 Å². The molecular weight excluding hydrogens is 1870 g/mol. The van der Waals surface area contributed by atoms with Crippen molar-refractivity contribution < 1.29 is 9.59 Å². The zero-order valence-corrected chi connectivity index (χ0v) is 96.2. The van der Waals surface area contributed by atoms with Gasteiger partial charge in [0.25, 0.3) is 0 Å². The Morgan fingerprint density at radius 3 is 0.585 bits per heavy atom. The zero-order valence-electron chi connectivity index (χ0n) is 89.7. The molecule has 0 atom stereocenters. The van der Waals surface area contributed by atoms with Crippen molar-refractivity contribution in [3.63, 3.8) is 0 Å². The van der Waals surface area contributed by atoms with E-state index < -0.39 is 0 Å². The van der Waals surface area contributed by atoms with Crippen LogP contribution in [0.4, 0.5) is 0 Å². The van der Waals surface area contributed by atoms with Gasteiger partial charge in [0.1, 0.15) is 12.6 Å². The summed E-state index contributed by atoms with van der Waals surface area (Å²) in [5.41, 5.74) is 28.4. The molecule has 10 heteroatoms. The van der Waals surface area contributed by atoms with Gasteiger partial charge in [0.05, 0.1) is 25.4 Å². The third-order valence-corrected chi connectivity index (χ3v) is 42.4. The van der Waals surface area contributed by atoms with Gasteiger partial charge in [-0.2, -0.15) is 0 Å². The van der Waals surface area contributed by atoms with Gasteiger partial charge in [0, 0.05) is 33.1 Å². The fraction of sp³-hybridized carbons (Fsp3) is 0.561. The van der Waals surface area contributed by atoms with Gasteiger partial charge in [0.2, 0.25) is 0 Å². The first-order valence-electron chi connectivity index (χ1n) is 58.2. The van der Waals surface area contributed by atoms with Crippen molar-refractivity contribution in [2.75, 3.05) is 23.0 Å². The first-order chi connectivity index (χ1) is 70.1. The highest BCUT2D eigenvalue weighted by molar-refractivity contribution is 8.41. The molecule has 0 saturated heterocycles. The zero-order chi connectivity index (χ0) is 99.3. The van der Waals surface area contributed by atoms with Gasteiger partial charge in [-0.3, -0.25) is 9.59 Å². The van der Waals surface area contributed by atoms with Crippen LogP contribution in [-0.2, 0) is 10.8 Å². The molecule has 0 spiro atoms. The summed E-state index contributed by atoms with van der Waals surface area (Å²) in [6.45, 7) is 18.8. The van der Waals surface area contributed by atoms with Crippen molar-refractivity contribution in [2.24, 2.45) is 0 Å². The molecule has 2 heterocycles. The van der Waals surface area contributed by atoms with Gasteiger partial charge >= 0.3 is 0 Å². The Hall–Kier alpha value is -5.14. The van der Waals surface area contributed by atoms with E-state index in [-0.39, 0.29) is 10.8 Å². The predicted molar refractivity (Wildman–Crippen MR) is 648 cm³/mol. The Morgan fingerprint density at radius 2 is 0.387 bits per heavy atom. The van der Waals surface area contributed by atoms with Gasteiger partial charge in [-0.25, -0.2) is 0 Å². The highest BCUT2D eigenvalue weighted by Gasteiger charge is 2.45. The van der Waals surface area contributed by atoms with Crippen LogP contribution in [0.2, 0.25) is 0 Å². The second-order valence-corrected chi connectivity index (χ2v) is 52.1. The third-order valence-electron chi connectivity index (χ3n) is 31.0. The SMILES string of the molecule is CCCCCCCCCCSC1=C(SCCCCCCCCCC)SC(=C(C(=C2SC(SCCCCCCCCCC)=C(SCCCCCCCCCC)S2)c2ccc(-c3ccc4c(c3)C(CCCCCCCC)(CCCCCCCC)c3cc(-c5ccc(C=O)cc5)ccc3-4)cc2)c2ccc(-c3ccc4c(c3)C(CCCCCCCC)(CCCCCCCC)c3cc(-c5ccc(C=O)cc5)ccc3-4)cc2)S1. The van der Waals surface area contributed by atoms with Crippen LogP contribution < -0.4 is 0 Å². The molecule has 2 aliphatic heterocycles. The predicted octanol–water partition coefficient (Wildman–Crippen LogP) is 46.3. The van der Waals surface area contributed by atoms with Crippen LogP contribution in [0.25, 0.3) is 77.9 Å². The molecule has 0 saturated carbocycles. The number of aldehydes is 2. The molecule has 142 heavy (non-hydrogen) atoms. The van der Waals surface area contributed by atoms with E-state index in [0.717, 1.165) is 72.4 Å². The summed E-state index contributed by atoms with van der Waals surface area (Å²) < 4.78 is 9.03. The first kappa shape index (κ1) is 116. The number of allylic oxidation sites excluding steroid dienone is 2. The average Bonchev–Trinajstić information content (AvgIpc) is 1.56. The van der Waals surface area contributed by atoms with E-state index in [4.69, 9.17) is 0 Å². The molecule has 4 aliphatic rings. The van der Waals surface area contributed by atoms with E-state index in [1.54, 1.807) is 0 Å². The van der Waals surface area contributed by atoms with Crippen LogP contribution in [0.3, 0.4) is 0 Å². The molecule has 0 N–H and O–H groups in total. The Balaban J connectivity index is 1.01. The Labute approximate surface area is 900 Å². The van der Waals surface area contributed by atoms with Gasteiger partial charge in [-0.15, -0.1) is 47.0 Å². The number of hydrogen-bond acceptors (Lipinski definition) is 10. The molecule has 0 unspecified atom stereocenters. The topological polar surface area (TPSA) is 34.1 Å². The molecular formula is C132H182O2S8. The summed E-state index contributed by atoms with van der Waals surface area (Å²) in [6.07, 6.45) is 80.0. The van der Waals surface area contributed by atoms with Crippen molar-refractivity contribution in [2.45, 2.75) is 451 Å². The lowest BCUT2D eigenvalue weighted by Crippen LogP contribution is -2.25. The Bertz CT molecular complexity index is 4720. The van der Waals surface area contributed by atoms with Crippen LogP contribution >= 0.6 is 94.1 Å². The highest BCUT2D eigenvalue weighted by atomic mass is 32.3. The fourth-order valence-electron chi connectivity index (χ4n) is 22.5. The summed E-state index contributed by atoms with van der Waals surface area (Å²) in [5.74, 6) is 4.65. The minimum absolute atomic E-state index is 0.127. The molecule has 0 aromatic heterocycles. The summed E-state index contributed by atoms with van der Waals surface area (Å²) in [4.78, 5) is 24.2. The number of fused-ring (bicyclic) bond motifs is 6. The lowest BCUT2D eigenvalue weighted by Gasteiger charge is -2.33. The second-order valence-electron chi connectivity index (χ2n) is 42.1. The van der Waals surface area contributed by atoms with Gasteiger partial charge in [0.15, 0.2) is 0 Å². The van der Waals surface area contributed by atoms with E-state index in [1.807, 2.05) is 24.3 Å². The van der Waals surface area contributed by atoms with E-state index >= 15 is 0 Å². The van der Waals surface area contributed by atoms with Crippen LogP contribution in [-0.4, -0.2) is 35.6 Å². The molecule has 770 valence electrons. The molecule has 2 aliphatic carbocycles. The number of unbranched alkanes of at least 4 members (excludes halogenated alkanes) is 48. The van der Waals surface area contributed by atoms with Gasteiger partial charge < -0.3 is 0 Å². The van der Waals surface area contributed by atoms with E-state index in [2.05, 4.69) is 295 Å². The van der Waals surface area contributed by atoms with Crippen LogP contribution in [0, 0.1) is 0 Å². The Morgan fingerprint density at radius 1 is 0.211 bits per heavy atom. The number of benzene rings is 8. The van der Waals surface area contributed by atoms with Crippen LogP contribution in [0.5, 0.6) is 0 Å². The number of hydrogen-bond donors (Lipinski definition) is 0. The molecule has 0 bridgehead atoms. The minimum Gasteiger partial charge on any atom is -0.298 e.